The maximum absolute atomic E-state index is 12.3. The van der Waals surface area contributed by atoms with E-state index in [2.05, 4.69) is 16.8 Å². The Hall–Kier alpha value is -0.850. The highest BCUT2D eigenvalue weighted by atomic mass is 35.5. The maximum atomic E-state index is 12.3. The smallest absolute Gasteiger partial charge is 0.222 e. The predicted molar refractivity (Wildman–Crippen MR) is 107 cm³/mol. The van der Waals surface area contributed by atoms with Crippen LogP contribution in [0.5, 0.6) is 0 Å². The Kier molecular flexibility index (Phi) is 8.64. The van der Waals surface area contributed by atoms with Crippen molar-refractivity contribution in [1.82, 2.24) is 14.7 Å². The minimum atomic E-state index is -0.512. The molecular weight excluding hydrogens is 373 g/mol. The minimum Gasteiger partial charge on any atom is -0.390 e. The van der Waals surface area contributed by atoms with Crippen LogP contribution in [0.2, 0.25) is 10.0 Å². The lowest BCUT2D eigenvalue weighted by atomic mass is 10.1. The molecule has 7 heteroatoms. The van der Waals surface area contributed by atoms with Gasteiger partial charge in [0, 0.05) is 52.7 Å². The fourth-order valence-electron chi connectivity index (χ4n) is 3.13. The molecule has 1 saturated heterocycles. The standard InChI is InChI=1S/C19H29Cl2N3O2/c1-22-8-10-24(11-9-22)14-16(25)13-23(2)19(26)5-3-4-15-6-7-17(20)18(21)12-15/h6-7,12,16,25H,3-5,8-11,13-14H2,1-2H3. The van der Waals surface area contributed by atoms with Gasteiger partial charge in [0.2, 0.25) is 5.91 Å². The highest BCUT2D eigenvalue weighted by Crippen LogP contribution is 2.23. The van der Waals surface area contributed by atoms with E-state index in [1.165, 1.54) is 0 Å². The molecule has 0 spiro atoms. The normalized spacial score (nSPS) is 17.3. The Labute approximate surface area is 166 Å². The number of carbonyl (C=O) groups excluding carboxylic acids is 1. The van der Waals surface area contributed by atoms with Gasteiger partial charge >= 0.3 is 0 Å². The summed E-state index contributed by atoms with van der Waals surface area (Å²) in [6.07, 6.45) is 1.47. The van der Waals surface area contributed by atoms with Gasteiger partial charge in [-0.3, -0.25) is 9.69 Å². The second-order valence-corrected chi connectivity index (χ2v) is 7.95. The van der Waals surface area contributed by atoms with Gasteiger partial charge in [-0.05, 0) is 37.6 Å². The highest BCUT2D eigenvalue weighted by molar-refractivity contribution is 6.42. The average Bonchev–Trinajstić information content (AvgIpc) is 2.60. The Morgan fingerprint density at radius 3 is 2.58 bits per heavy atom. The van der Waals surface area contributed by atoms with Gasteiger partial charge in [0.05, 0.1) is 16.1 Å². The van der Waals surface area contributed by atoms with Gasteiger partial charge in [-0.15, -0.1) is 0 Å². The molecule has 26 heavy (non-hydrogen) atoms. The zero-order valence-electron chi connectivity index (χ0n) is 15.6. The van der Waals surface area contributed by atoms with Crippen LogP contribution in [0.4, 0.5) is 0 Å². The molecule has 1 aromatic rings. The molecule has 1 aromatic carbocycles. The number of aliphatic hydroxyl groups excluding tert-OH is 1. The average molecular weight is 402 g/mol. The summed E-state index contributed by atoms with van der Waals surface area (Å²) >= 11 is 11.9. The Balaban J connectivity index is 1.67. The Bertz CT molecular complexity index is 592. The van der Waals surface area contributed by atoms with Crippen molar-refractivity contribution in [2.24, 2.45) is 0 Å². The fourth-order valence-corrected chi connectivity index (χ4v) is 3.45. The summed E-state index contributed by atoms with van der Waals surface area (Å²) in [6, 6.07) is 5.56. The monoisotopic (exact) mass is 401 g/mol. The second-order valence-electron chi connectivity index (χ2n) is 7.13. The lowest BCUT2D eigenvalue weighted by molar-refractivity contribution is -0.131. The van der Waals surface area contributed by atoms with Crippen LogP contribution >= 0.6 is 23.2 Å². The number of likely N-dealkylation sites (N-methyl/N-ethyl adjacent to an activating group) is 2. The van der Waals surface area contributed by atoms with E-state index in [-0.39, 0.29) is 5.91 Å². The molecule has 0 aliphatic carbocycles. The largest absolute Gasteiger partial charge is 0.390 e. The first-order valence-corrected chi connectivity index (χ1v) is 9.87. The van der Waals surface area contributed by atoms with Crippen molar-refractivity contribution in [3.05, 3.63) is 33.8 Å². The van der Waals surface area contributed by atoms with Crippen molar-refractivity contribution in [1.29, 1.82) is 0 Å². The number of nitrogens with zero attached hydrogens (tertiary/aromatic N) is 3. The first-order chi connectivity index (χ1) is 12.3. The molecule has 1 aliphatic rings. The number of halogens is 2. The highest BCUT2D eigenvalue weighted by Gasteiger charge is 2.19. The van der Waals surface area contributed by atoms with Crippen LogP contribution in [-0.4, -0.2) is 85.2 Å². The van der Waals surface area contributed by atoms with Crippen molar-refractivity contribution < 1.29 is 9.90 Å². The number of hydrogen-bond acceptors (Lipinski definition) is 4. The van der Waals surface area contributed by atoms with Crippen LogP contribution in [0.15, 0.2) is 18.2 Å². The van der Waals surface area contributed by atoms with Crippen molar-refractivity contribution in [2.45, 2.75) is 25.4 Å². The second kappa shape index (κ2) is 10.5. The molecule has 1 amide bonds. The third-order valence-electron chi connectivity index (χ3n) is 4.82. The lowest BCUT2D eigenvalue weighted by Gasteiger charge is -2.34. The van der Waals surface area contributed by atoms with Gasteiger partial charge in [-0.2, -0.15) is 0 Å². The van der Waals surface area contributed by atoms with Crippen molar-refractivity contribution in [3.63, 3.8) is 0 Å². The summed E-state index contributed by atoms with van der Waals surface area (Å²) in [4.78, 5) is 18.4. The van der Waals surface area contributed by atoms with E-state index >= 15 is 0 Å². The number of aryl methyl sites for hydroxylation is 1. The van der Waals surface area contributed by atoms with Crippen LogP contribution in [-0.2, 0) is 11.2 Å². The van der Waals surface area contributed by atoms with Gasteiger partial charge in [-0.1, -0.05) is 29.3 Å². The minimum absolute atomic E-state index is 0.0579. The Morgan fingerprint density at radius 2 is 1.92 bits per heavy atom. The van der Waals surface area contributed by atoms with Crippen LogP contribution in [0.3, 0.4) is 0 Å². The van der Waals surface area contributed by atoms with Crippen molar-refractivity contribution in [3.8, 4) is 0 Å². The summed E-state index contributed by atoms with van der Waals surface area (Å²) in [7, 11) is 3.87. The molecule has 1 heterocycles. The van der Waals surface area contributed by atoms with E-state index in [1.54, 1.807) is 18.0 Å². The molecule has 0 saturated carbocycles. The van der Waals surface area contributed by atoms with E-state index in [4.69, 9.17) is 23.2 Å². The molecule has 1 N–H and O–H groups in total. The summed E-state index contributed by atoms with van der Waals surface area (Å²) in [5, 5.41) is 11.4. The van der Waals surface area contributed by atoms with Gasteiger partial charge in [0.25, 0.3) is 0 Å². The topological polar surface area (TPSA) is 47.0 Å². The molecule has 1 unspecified atom stereocenters. The third kappa shape index (κ3) is 7.05. The number of benzene rings is 1. The van der Waals surface area contributed by atoms with E-state index < -0.39 is 6.10 Å². The van der Waals surface area contributed by atoms with E-state index in [1.807, 2.05) is 12.1 Å². The zero-order valence-corrected chi connectivity index (χ0v) is 17.1. The maximum Gasteiger partial charge on any atom is 0.222 e. The number of piperazine rings is 1. The lowest BCUT2D eigenvalue weighted by Crippen LogP contribution is -2.48. The van der Waals surface area contributed by atoms with Crippen molar-refractivity contribution >= 4 is 29.1 Å². The first kappa shape index (κ1) is 21.5. The molecule has 0 bridgehead atoms. The quantitative estimate of drug-likeness (QED) is 0.726. The predicted octanol–water partition coefficient (Wildman–Crippen LogP) is 2.38. The molecule has 146 valence electrons. The molecular formula is C19H29Cl2N3O2. The number of β-amino-alcohol motifs (C(OH)–C–C–N with tert-alkyl or cyclic N) is 1. The summed E-state index contributed by atoms with van der Waals surface area (Å²) in [5.41, 5.74) is 1.07. The molecule has 1 fully saturated rings. The summed E-state index contributed by atoms with van der Waals surface area (Å²) in [5.74, 6) is 0.0579. The molecule has 0 radical (unpaired) electrons. The van der Waals surface area contributed by atoms with E-state index in [0.717, 1.165) is 44.6 Å². The van der Waals surface area contributed by atoms with E-state index in [9.17, 15) is 9.90 Å². The van der Waals surface area contributed by atoms with Gasteiger partial charge in [0.1, 0.15) is 0 Å². The first-order valence-electron chi connectivity index (χ1n) is 9.12. The SMILES string of the molecule is CN1CCN(CC(O)CN(C)C(=O)CCCc2ccc(Cl)c(Cl)c2)CC1. The molecule has 1 atom stereocenters. The van der Waals surface area contributed by atoms with Crippen LogP contribution in [0.1, 0.15) is 18.4 Å². The van der Waals surface area contributed by atoms with Crippen LogP contribution < -0.4 is 0 Å². The number of aliphatic hydroxyl groups is 1. The summed E-state index contributed by atoms with van der Waals surface area (Å²) < 4.78 is 0. The van der Waals surface area contributed by atoms with E-state index in [0.29, 0.717) is 29.6 Å². The third-order valence-corrected chi connectivity index (χ3v) is 5.55. The van der Waals surface area contributed by atoms with Gasteiger partial charge in [0.15, 0.2) is 0 Å². The molecule has 5 nitrogen and oxygen atoms in total. The van der Waals surface area contributed by atoms with Crippen LogP contribution in [0.25, 0.3) is 0 Å². The number of amides is 1. The van der Waals surface area contributed by atoms with Gasteiger partial charge in [-0.25, -0.2) is 0 Å². The molecule has 1 aliphatic heterocycles. The van der Waals surface area contributed by atoms with Crippen LogP contribution in [0, 0.1) is 0 Å². The number of carbonyl (C=O) groups is 1. The Morgan fingerprint density at radius 1 is 1.23 bits per heavy atom. The number of rotatable bonds is 8. The summed E-state index contributed by atoms with van der Waals surface area (Å²) in [6.45, 7) is 4.98. The van der Waals surface area contributed by atoms with Gasteiger partial charge < -0.3 is 14.9 Å². The molecule has 2 rings (SSSR count). The molecule has 0 aromatic heterocycles. The zero-order chi connectivity index (χ0) is 19.1. The fraction of sp³-hybridized carbons (Fsp3) is 0.632. The number of hydrogen-bond donors (Lipinski definition) is 1. The van der Waals surface area contributed by atoms with Crippen molar-refractivity contribution in [2.75, 3.05) is 53.4 Å².